The highest BCUT2D eigenvalue weighted by Crippen LogP contribution is 2.19. The summed E-state index contributed by atoms with van der Waals surface area (Å²) in [5, 5.41) is 16.1. The van der Waals surface area contributed by atoms with E-state index in [9.17, 15) is 9.59 Å². The predicted octanol–water partition coefficient (Wildman–Crippen LogP) is 2.81. The summed E-state index contributed by atoms with van der Waals surface area (Å²) in [6.45, 7) is 4.19. The summed E-state index contributed by atoms with van der Waals surface area (Å²) in [4.78, 5) is 23.4. The van der Waals surface area contributed by atoms with Crippen molar-refractivity contribution in [1.29, 1.82) is 0 Å². The van der Waals surface area contributed by atoms with Crippen molar-refractivity contribution in [2.24, 2.45) is 5.92 Å². The lowest BCUT2D eigenvalue weighted by Crippen LogP contribution is -2.45. The molecule has 0 fully saturated rings. The first-order chi connectivity index (χ1) is 8.88. The number of rotatable bonds is 6. The first-order valence-corrected chi connectivity index (χ1v) is 7.54. The minimum atomic E-state index is -0.916. The molecule has 0 bridgehead atoms. The van der Waals surface area contributed by atoms with Crippen LogP contribution in [-0.2, 0) is 11.3 Å². The number of carbonyl (C=O) groups excluding carboxylic acids is 1. The van der Waals surface area contributed by atoms with Gasteiger partial charge < -0.3 is 15.7 Å². The van der Waals surface area contributed by atoms with Crippen molar-refractivity contribution < 1.29 is 14.7 Å². The van der Waals surface area contributed by atoms with Gasteiger partial charge in [-0.25, -0.2) is 4.79 Å². The van der Waals surface area contributed by atoms with Gasteiger partial charge >= 0.3 is 12.0 Å². The molecule has 7 heteroatoms. The Bertz CT molecular complexity index is 448. The number of halogens is 1. The lowest BCUT2D eigenvalue weighted by molar-refractivity contribution is -0.137. The number of urea groups is 1. The highest BCUT2D eigenvalue weighted by atomic mass is 79.9. The molecular weight excluding hydrogens is 332 g/mol. The van der Waals surface area contributed by atoms with E-state index >= 15 is 0 Å². The van der Waals surface area contributed by atoms with Crippen LogP contribution in [0.4, 0.5) is 4.79 Å². The quantitative estimate of drug-likeness (QED) is 0.739. The highest BCUT2D eigenvalue weighted by Gasteiger charge is 2.19. The van der Waals surface area contributed by atoms with Crippen LogP contribution in [0.1, 0.15) is 25.1 Å². The van der Waals surface area contributed by atoms with E-state index in [1.807, 2.05) is 25.3 Å². The highest BCUT2D eigenvalue weighted by molar-refractivity contribution is 9.10. The maximum Gasteiger partial charge on any atom is 0.315 e. The fourth-order valence-electron chi connectivity index (χ4n) is 1.47. The fourth-order valence-corrected chi connectivity index (χ4v) is 2.87. The number of thiophene rings is 1. The molecule has 2 amide bonds. The molecule has 1 atom stereocenters. The number of hydrogen-bond acceptors (Lipinski definition) is 3. The Morgan fingerprint density at radius 1 is 1.47 bits per heavy atom. The summed E-state index contributed by atoms with van der Waals surface area (Å²) in [6.07, 6.45) is -0.0738. The minimum absolute atomic E-state index is 0.0673. The largest absolute Gasteiger partial charge is 0.481 e. The van der Waals surface area contributed by atoms with E-state index in [-0.39, 0.29) is 24.4 Å². The average Bonchev–Trinajstić information content (AvgIpc) is 2.71. The maximum atomic E-state index is 11.7. The van der Waals surface area contributed by atoms with Crippen LogP contribution in [0.15, 0.2) is 15.9 Å². The third kappa shape index (κ3) is 6.07. The van der Waals surface area contributed by atoms with Crippen molar-refractivity contribution in [2.75, 3.05) is 0 Å². The SMILES string of the molecule is CC(C)C(CC(=O)O)NC(=O)NCc1cc(Br)cs1. The van der Waals surface area contributed by atoms with E-state index in [4.69, 9.17) is 5.11 Å². The molecule has 0 spiro atoms. The van der Waals surface area contributed by atoms with Crippen LogP contribution in [-0.4, -0.2) is 23.1 Å². The number of amides is 2. The minimum Gasteiger partial charge on any atom is -0.481 e. The summed E-state index contributed by atoms with van der Waals surface area (Å²) >= 11 is 4.89. The van der Waals surface area contributed by atoms with Crippen molar-refractivity contribution in [3.05, 3.63) is 20.8 Å². The average molecular weight is 349 g/mol. The zero-order valence-electron chi connectivity index (χ0n) is 10.8. The third-order valence-electron chi connectivity index (χ3n) is 2.56. The van der Waals surface area contributed by atoms with Gasteiger partial charge in [0.05, 0.1) is 13.0 Å². The van der Waals surface area contributed by atoms with E-state index in [2.05, 4.69) is 26.6 Å². The Kier molecular flexibility index (Phi) is 6.30. The molecule has 1 rings (SSSR count). The second-order valence-corrected chi connectivity index (χ2v) is 6.42. The second-order valence-electron chi connectivity index (χ2n) is 4.51. The number of aliphatic carboxylic acids is 1. The molecule has 19 heavy (non-hydrogen) atoms. The van der Waals surface area contributed by atoms with E-state index < -0.39 is 5.97 Å². The standard InChI is InChI=1S/C12H17BrN2O3S/c1-7(2)10(4-11(16)17)15-12(18)14-5-9-3-8(13)6-19-9/h3,6-7,10H,4-5H2,1-2H3,(H,16,17)(H2,14,15,18). The first-order valence-electron chi connectivity index (χ1n) is 5.87. The zero-order chi connectivity index (χ0) is 14.4. The molecule has 1 aromatic rings. The summed E-state index contributed by atoms with van der Waals surface area (Å²) in [7, 11) is 0. The number of carboxylic acid groups (broad SMARTS) is 1. The molecule has 0 saturated carbocycles. The lowest BCUT2D eigenvalue weighted by atomic mass is 10.0. The van der Waals surface area contributed by atoms with E-state index in [1.165, 1.54) is 0 Å². The third-order valence-corrected chi connectivity index (χ3v) is 4.26. The molecule has 1 heterocycles. The Balaban J connectivity index is 2.42. The number of nitrogens with one attached hydrogen (secondary N) is 2. The normalized spacial score (nSPS) is 12.2. The van der Waals surface area contributed by atoms with Crippen LogP contribution in [0, 0.1) is 5.92 Å². The van der Waals surface area contributed by atoms with Crippen LogP contribution < -0.4 is 10.6 Å². The monoisotopic (exact) mass is 348 g/mol. The summed E-state index contributed by atoms with van der Waals surface area (Å²) in [6, 6.07) is 1.22. The zero-order valence-corrected chi connectivity index (χ0v) is 13.2. The molecule has 0 radical (unpaired) electrons. The van der Waals surface area contributed by atoms with Crippen LogP contribution >= 0.6 is 27.3 Å². The van der Waals surface area contributed by atoms with Gasteiger partial charge in [0.1, 0.15) is 0 Å². The van der Waals surface area contributed by atoms with Gasteiger partial charge in [-0.3, -0.25) is 4.79 Å². The summed E-state index contributed by atoms with van der Waals surface area (Å²) in [5.74, 6) is -0.848. The van der Waals surface area contributed by atoms with Crippen molar-refractivity contribution >= 4 is 39.3 Å². The van der Waals surface area contributed by atoms with E-state index in [0.29, 0.717) is 6.54 Å². The number of carbonyl (C=O) groups is 2. The molecule has 3 N–H and O–H groups in total. The van der Waals surface area contributed by atoms with Crippen LogP contribution in [0.25, 0.3) is 0 Å². The van der Waals surface area contributed by atoms with Gasteiger partial charge in [-0.05, 0) is 27.9 Å². The first kappa shape index (κ1) is 16.0. The molecule has 5 nitrogen and oxygen atoms in total. The topological polar surface area (TPSA) is 78.4 Å². The maximum absolute atomic E-state index is 11.7. The molecule has 0 saturated heterocycles. The van der Waals surface area contributed by atoms with Crippen molar-refractivity contribution in [3.63, 3.8) is 0 Å². The Hall–Kier alpha value is -1.08. The molecule has 106 valence electrons. The molecule has 0 aliphatic heterocycles. The van der Waals surface area contributed by atoms with Gasteiger partial charge in [0.15, 0.2) is 0 Å². The lowest BCUT2D eigenvalue weighted by Gasteiger charge is -2.20. The van der Waals surface area contributed by atoms with Gasteiger partial charge in [-0.15, -0.1) is 11.3 Å². The van der Waals surface area contributed by atoms with E-state index in [1.54, 1.807) is 11.3 Å². The van der Waals surface area contributed by atoms with Gasteiger partial charge in [0, 0.05) is 20.8 Å². The van der Waals surface area contributed by atoms with Crippen molar-refractivity contribution in [3.8, 4) is 0 Å². The molecule has 0 aliphatic rings. The van der Waals surface area contributed by atoms with Crippen molar-refractivity contribution in [2.45, 2.75) is 32.9 Å². The van der Waals surface area contributed by atoms with Gasteiger partial charge in [-0.2, -0.15) is 0 Å². The van der Waals surface area contributed by atoms with Crippen LogP contribution in [0.3, 0.4) is 0 Å². The number of hydrogen-bond donors (Lipinski definition) is 3. The molecule has 0 aliphatic carbocycles. The van der Waals surface area contributed by atoms with Gasteiger partial charge in [0.25, 0.3) is 0 Å². The Morgan fingerprint density at radius 2 is 2.16 bits per heavy atom. The van der Waals surface area contributed by atoms with Gasteiger partial charge in [-0.1, -0.05) is 13.8 Å². The fraction of sp³-hybridized carbons (Fsp3) is 0.500. The second kappa shape index (κ2) is 7.49. The van der Waals surface area contributed by atoms with Crippen LogP contribution in [0.5, 0.6) is 0 Å². The number of carboxylic acids is 1. The Morgan fingerprint density at radius 3 is 2.63 bits per heavy atom. The van der Waals surface area contributed by atoms with Gasteiger partial charge in [0.2, 0.25) is 0 Å². The summed E-state index contributed by atoms with van der Waals surface area (Å²) < 4.78 is 0.987. The molecule has 1 aromatic heterocycles. The van der Waals surface area contributed by atoms with E-state index in [0.717, 1.165) is 9.35 Å². The molecular formula is C12H17BrN2O3S. The molecule has 1 unspecified atom stereocenters. The van der Waals surface area contributed by atoms with Crippen LogP contribution in [0.2, 0.25) is 0 Å². The molecule has 0 aromatic carbocycles. The summed E-state index contributed by atoms with van der Waals surface area (Å²) in [5.41, 5.74) is 0. The smallest absolute Gasteiger partial charge is 0.315 e. The van der Waals surface area contributed by atoms with Crippen molar-refractivity contribution in [1.82, 2.24) is 10.6 Å². The Labute approximate surface area is 124 Å². The predicted molar refractivity (Wildman–Crippen MR) is 78.3 cm³/mol.